The van der Waals surface area contributed by atoms with E-state index < -0.39 is 17.5 Å². The summed E-state index contributed by atoms with van der Waals surface area (Å²) in [6, 6.07) is 7.85. The Bertz CT molecular complexity index is 812. The largest absolute Gasteiger partial charge is 0.471 e. The average Bonchev–Trinajstić information content (AvgIpc) is 2.92. The van der Waals surface area contributed by atoms with Gasteiger partial charge in [0.2, 0.25) is 5.91 Å². The second kappa shape index (κ2) is 6.10. The van der Waals surface area contributed by atoms with Crippen molar-refractivity contribution in [2.24, 2.45) is 5.41 Å². The maximum Gasteiger partial charge on any atom is 0.471 e. The number of aryl methyl sites for hydroxylation is 1. The molecule has 1 N–H and O–H groups in total. The lowest BCUT2D eigenvalue weighted by atomic mass is 9.86. The van der Waals surface area contributed by atoms with Crippen LogP contribution < -0.4 is 5.32 Å². The maximum absolute atomic E-state index is 12.8. The number of alkyl halides is 3. The molecule has 1 heterocycles. The molecule has 0 unspecified atom stereocenters. The Kier molecular flexibility index (Phi) is 4.32. The standard InChI is InChI=1S/C18H20F3N3O2/c1-11-4-6-12(7-5-11)17(10-16(17,2)3)14(25)22-9-8-13-23-15(26-24-13)18(19,20)21/h4-7H,8-10H2,1-3H3,(H,22,25)/t17-/m0/s1. The number of nitrogens with one attached hydrogen (secondary N) is 1. The highest BCUT2D eigenvalue weighted by Crippen LogP contribution is 2.64. The smallest absolute Gasteiger partial charge is 0.355 e. The van der Waals surface area contributed by atoms with Gasteiger partial charge in [-0.05, 0) is 24.3 Å². The molecule has 1 amide bonds. The molecule has 2 aromatic rings. The first kappa shape index (κ1) is 18.4. The van der Waals surface area contributed by atoms with E-state index in [4.69, 9.17) is 0 Å². The molecule has 1 fully saturated rings. The van der Waals surface area contributed by atoms with Gasteiger partial charge in [0.05, 0.1) is 5.41 Å². The second-order valence-corrected chi connectivity index (χ2v) is 7.35. The first-order valence-corrected chi connectivity index (χ1v) is 8.31. The van der Waals surface area contributed by atoms with Crippen molar-refractivity contribution in [3.05, 3.63) is 47.1 Å². The monoisotopic (exact) mass is 367 g/mol. The number of carbonyl (C=O) groups excluding carboxylic acids is 1. The number of hydrogen-bond donors (Lipinski definition) is 1. The molecule has 5 nitrogen and oxygen atoms in total. The highest BCUT2D eigenvalue weighted by atomic mass is 19.4. The molecular formula is C18H20F3N3O2. The summed E-state index contributed by atoms with van der Waals surface area (Å²) in [6.07, 6.45) is -3.88. The molecule has 26 heavy (non-hydrogen) atoms. The summed E-state index contributed by atoms with van der Waals surface area (Å²) in [5.74, 6) is -1.60. The zero-order valence-electron chi connectivity index (χ0n) is 14.8. The van der Waals surface area contributed by atoms with Crippen LogP contribution in [0.2, 0.25) is 0 Å². The molecule has 1 aromatic heterocycles. The number of nitrogens with zero attached hydrogens (tertiary/aromatic N) is 2. The van der Waals surface area contributed by atoms with Gasteiger partial charge in [0.15, 0.2) is 5.82 Å². The first-order chi connectivity index (χ1) is 12.1. The van der Waals surface area contributed by atoms with Crippen LogP contribution in [0, 0.1) is 12.3 Å². The van der Waals surface area contributed by atoms with Crippen LogP contribution in [0.4, 0.5) is 13.2 Å². The molecule has 0 radical (unpaired) electrons. The van der Waals surface area contributed by atoms with Crippen molar-refractivity contribution >= 4 is 5.91 Å². The molecule has 1 atom stereocenters. The number of hydrogen-bond acceptors (Lipinski definition) is 4. The molecule has 1 aliphatic carbocycles. The SMILES string of the molecule is Cc1ccc([C@]2(C(=O)NCCc3noc(C(F)(F)F)n3)CC2(C)C)cc1. The first-order valence-electron chi connectivity index (χ1n) is 8.31. The van der Waals surface area contributed by atoms with Gasteiger partial charge in [0.1, 0.15) is 0 Å². The number of aromatic nitrogens is 2. The van der Waals surface area contributed by atoms with Gasteiger partial charge in [-0.15, -0.1) is 0 Å². The third-order valence-corrected chi connectivity index (χ3v) is 5.01. The minimum Gasteiger partial charge on any atom is -0.355 e. The molecular weight excluding hydrogens is 347 g/mol. The van der Waals surface area contributed by atoms with E-state index in [0.717, 1.165) is 17.5 Å². The van der Waals surface area contributed by atoms with Gasteiger partial charge in [0, 0.05) is 13.0 Å². The van der Waals surface area contributed by atoms with E-state index >= 15 is 0 Å². The molecule has 8 heteroatoms. The molecule has 140 valence electrons. The second-order valence-electron chi connectivity index (χ2n) is 7.35. The highest BCUT2D eigenvalue weighted by Gasteiger charge is 2.66. The van der Waals surface area contributed by atoms with Crippen LogP contribution in [0.25, 0.3) is 0 Å². The number of rotatable bonds is 5. The maximum atomic E-state index is 12.8. The number of carbonyl (C=O) groups is 1. The van der Waals surface area contributed by atoms with Crippen molar-refractivity contribution in [2.45, 2.75) is 45.2 Å². The van der Waals surface area contributed by atoms with E-state index in [1.165, 1.54) is 0 Å². The summed E-state index contributed by atoms with van der Waals surface area (Å²) in [7, 11) is 0. The van der Waals surface area contributed by atoms with Crippen LogP contribution in [0.3, 0.4) is 0 Å². The van der Waals surface area contributed by atoms with Crippen molar-refractivity contribution in [3.8, 4) is 0 Å². The quantitative estimate of drug-likeness (QED) is 0.879. The summed E-state index contributed by atoms with van der Waals surface area (Å²) in [6.45, 7) is 6.18. The van der Waals surface area contributed by atoms with Gasteiger partial charge in [-0.2, -0.15) is 18.2 Å². The molecule has 0 spiro atoms. The molecule has 0 aliphatic heterocycles. The third-order valence-electron chi connectivity index (χ3n) is 5.01. The van der Waals surface area contributed by atoms with Gasteiger partial charge in [-0.25, -0.2) is 0 Å². The van der Waals surface area contributed by atoms with Gasteiger partial charge in [-0.3, -0.25) is 4.79 Å². The Morgan fingerprint density at radius 2 is 1.88 bits per heavy atom. The lowest BCUT2D eigenvalue weighted by Gasteiger charge is -2.20. The summed E-state index contributed by atoms with van der Waals surface area (Å²) in [4.78, 5) is 16.1. The number of halogens is 3. The topological polar surface area (TPSA) is 68.0 Å². The van der Waals surface area contributed by atoms with Gasteiger partial charge in [0.25, 0.3) is 0 Å². The lowest BCUT2D eigenvalue weighted by Crippen LogP contribution is -2.38. The Labute approximate surface area is 149 Å². The predicted octanol–water partition coefficient (Wildman–Crippen LogP) is 3.42. The molecule has 0 saturated heterocycles. The lowest BCUT2D eigenvalue weighted by molar-refractivity contribution is -0.159. The average molecular weight is 367 g/mol. The van der Waals surface area contributed by atoms with Crippen molar-refractivity contribution in [1.29, 1.82) is 0 Å². The Morgan fingerprint density at radius 1 is 1.27 bits per heavy atom. The minimum atomic E-state index is -4.66. The Hall–Kier alpha value is -2.38. The predicted molar refractivity (Wildman–Crippen MR) is 87.3 cm³/mol. The van der Waals surface area contributed by atoms with E-state index in [1.54, 1.807) is 0 Å². The van der Waals surface area contributed by atoms with E-state index in [1.807, 2.05) is 45.0 Å². The van der Waals surface area contributed by atoms with Gasteiger partial charge >= 0.3 is 12.1 Å². The zero-order chi connectivity index (χ0) is 19.2. The van der Waals surface area contributed by atoms with Crippen LogP contribution in [0.15, 0.2) is 28.8 Å². The fourth-order valence-electron chi connectivity index (χ4n) is 3.38. The van der Waals surface area contributed by atoms with E-state index in [0.29, 0.717) is 0 Å². The zero-order valence-corrected chi connectivity index (χ0v) is 14.8. The van der Waals surface area contributed by atoms with Gasteiger partial charge < -0.3 is 9.84 Å². The Balaban J connectivity index is 1.65. The molecule has 3 rings (SSSR count). The summed E-state index contributed by atoms with van der Waals surface area (Å²) >= 11 is 0. The number of benzene rings is 1. The number of amides is 1. The molecule has 0 bridgehead atoms. The van der Waals surface area contributed by atoms with Crippen LogP contribution in [0.5, 0.6) is 0 Å². The minimum absolute atomic E-state index is 0.0652. The molecule has 1 aliphatic rings. The fourth-order valence-corrected chi connectivity index (χ4v) is 3.38. The van der Waals surface area contributed by atoms with Crippen molar-refractivity contribution in [3.63, 3.8) is 0 Å². The van der Waals surface area contributed by atoms with E-state index in [-0.39, 0.29) is 30.1 Å². The summed E-state index contributed by atoms with van der Waals surface area (Å²) < 4.78 is 41.5. The van der Waals surface area contributed by atoms with Crippen molar-refractivity contribution < 1.29 is 22.5 Å². The van der Waals surface area contributed by atoms with Gasteiger partial charge in [-0.1, -0.05) is 48.8 Å². The van der Waals surface area contributed by atoms with E-state index in [2.05, 4.69) is 20.0 Å². The van der Waals surface area contributed by atoms with Crippen LogP contribution in [-0.2, 0) is 22.8 Å². The van der Waals surface area contributed by atoms with Crippen molar-refractivity contribution in [2.75, 3.05) is 6.54 Å². The highest BCUT2D eigenvalue weighted by molar-refractivity contribution is 5.93. The van der Waals surface area contributed by atoms with Crippen LogP contribution >= 0.6 is 0 Å². The van der Waals surface area contributed by atoms with E-state index in [9.17, 15) is 18.0 Å². The summed E-state index contributed by atoms with van der Waals surface area (Å²) in [5, 5.41) is 6.11. The van der Waals surface area contributed by atoms with Crippen molar-refractivity contribution in [1.82, 2.24) is 15.5 Å². The Morgan fingerprint density at radius 3 is 2.38 bits per heavy atom. The molecule has 1 saturated carbocycles. The fraction of sp³-hybridized carbons (Fsp3) is 0.500. The molecule has 1 aromatic carbocycles. The van der Waals surface area contributed by atoms with Crippen LogP contribution in [-0.4, -0.2) is 22.6 Å². The summed E-state index contributed by atoms with van der Waals surface area (Å²) in [5.41, 5.74) is 1.27. The normalized spacial score (nSPS) is 21.5. The van der Waals surface area contributed by atoms with Crippen LogP contribution in [0.1, 0.15) is 43.1 Å². The third kappa shape index (κ3) is 3.20.